The quantitative estimate of drug-likeness (QED) is 0.555. The van der Waals surface area contributed by atoms with E-state index >= 15 is 0 Å². The minimum Gasteiger partial charge on any atom is -0.378 e. The van der Waals surface area contributed by atoms with Crippen molar-refractivity contribution < 1.29 is 13.9 Å². The van der Waals surface area contributed by atoms with Crippen molar-refractivity contribution in [2.24, 2.45) is 5.92 Å². The van der Waals surface area contributed by atoms with E-state index in [4.69, 9.17) is 4.74 Å². The maximum absolute atomic E-state index is 14.6. The number of halogens is 1. The molecule has 0 atom stereocenters. The van der Waals surface area contributed by atoms with E-state index in [9.17, 15) is 14.4 Å². The Labute approximate surface area is 182 Å². The van der Waals surface area contributed by atoms with Gasteiger partial charge in [-0.3, -0.25) is 4.79 Å². The molecule has 164 valence electrons. The summed E-state index contributed by atoms with van der Waals surface area (Å²) in [7, 11) is 0. The van der Waals surface area contributed by atoms with Crippen LogP contribution in [0.5, 0.6) is 0 Å². The molecular weight excluding hydrogens is 395 g/mol. The van der Waals surface area contributed by atoms with E-state index in [-0.39, 0.29) is 5.57 Å². The third-order valence-corrected chi connectivity index (χ3v) is 5.38. The van der Waals surface area contributed by atoms with Gasteiger partial charge < -0.3 is 19.5 Å². The first kappa shape index (κ1) is 22.6. The molecule has 1 aliphatic heterocycles. The summed E-state index contributed by atoms with van der Waals surface area (Å²) in [6.07, 6.45) is 1.59. The molecule has 2 aromatic rings. The monoisotopic (exact) mass is 424 g/mol. The van der Waals surface area contributed by atoms with Crippen LogP contribution in [0.3, 0.4) is 0 Å². The van der Waals surface area contributed by atoms with Gasteiger partial charge in [-0.05, 0) is 55.7 Å². The Morgan fingerprint density at radius 1 is 1.29 bits per heavy atom. The van der Waals surface area contributed by atoms with Gasteiger partial charge in [0.05, 0.1) is 18.9 Å². The molecule has 7 heteroatoms. The number of carbonyl (C=O) groups is 1. The van der Waals surface area contributed by atoms with Gasteiger partial charge in [-0.15, -0.1) is 0 Å². The van der Waals surface area contributed by atoms with E-state index in [1.807, 2.05) is 30.9 Å². The molecule has 2 heterocycles. The van der Waals surface area contributed by atoms with Crippen molar-refractivity contribution in [3.8, 4) is 6.07 Å². The minimum absolute atomic E-state index is 0.0255. The highest BCUT2D eigenvalue weighted by Crippen LogP contribution is 2.25. The zero-order valence-corrected chi connectivity index (χ0v) is 18.5. The molecule has 6 nitrogen and oxygen atoms in total. The normalized spacial score (nSPS) is 14.6. The number of hydrogen-bond donors (Lipinski definition) is 1. The third kappa shape index (κ3) is 5.33. The number of nitrogens with zero attached hydrogens (tertiary/aromatic N) is 3. The largest absolute Gasteiger partial charge is 0.378 e. The van der Waals surface area contributed by atoms with Gasteiger partial charge in [-0.25, -0.2) is 4.39 Å². The van der Waals surface area contributed by atoms with Crippen LogP contribution in [0.2, 0.25) is 0 Å². The lowest BCUT2D eigenvalue weighted by Crippen LogP contribution is -2.36. The molecular formula is C24H29FN4O2. The third-order valence-electron chi connectivity index (χ3n) is 5.38. The van der Waals surface area contributed by atoms with E-state index in [2.05, 4.69) is 23.7 Å². The van der Waals surface area contributed by atoms with E-state index < -0.39 is 11.7 Å². The van der Waals surface area contributed by atoms with Gasteiger partial charge in [0.25, 0.3) is 5.91 Å². The van der Waals surface area contributed by atoms with Gasteiger partial charge >= 0.3 is 0 Å². The summed E-state index contributed by atoms with van der Waals surface area (Å²) in [6.45, 7) is 11.5. The summed E-state index contributed by atoms with van der Waals surface area (Å²) in [5, 5.41) is 12.2. The fraction of sp³-hybridized carbons (Fsp3) is 0.417. The minimum atomic E-state index is -0.560. The van der Waals surface area contributed by atoms with Crippen LogP contribution in [0.15, 0.2) is 29.8 Å². The van der Waals surface area contributed by atoms with Crippen LogP contribution in [0, 0.1) is 36.9 Å². The van der Waals surface area contributed by atoms with Gasteiger partial charge in [0.2, 0.25) is 0 Å². The number of nitriles is 1. The molecule has 1 fully saturated rings. The molecule has 0 unspecified atom stereocenters. The first-order chi connectivity index (χ1) is 14.8. The lowest BCUT2D eigenvalue weighted by molar-refractivity contribution is -0.112. The Morgan fingerprint density at radius 2 is 2.00 bits per heavy atom. The summed E-state index contributed by atoms with van der Waals surface area (Å²) >= 11 is 0. The summed E-state index contributed by atoms with van der Waals surface area (Å²) in [6, 6.07) is 8.52. The topological polar surface area (TPSA) is 70.3 Å². The SMILES string of the molecule is Cc1cc(/C=C(/C#N)C(=O)Nc2ccc(N3CCOCC3)c(F)c2)c(C)n1CC(C)C. The van der Waals surface area contributed by atoms with E-state index in [0.29, 0.717) is 43.6 Å². The first-order valence-electron chi connectivity index (χ1n) is 10.5. The van der Waals surface area contributed by atoms with Gasteiger partial charge in [-0.2, -0.15) is 5.26 Å². The Kier molecular flexibility index (Phi) is 7.13. The molecule has 1 aromatic carbocycles. The van der Waals surface area contributed by atoms with E-state index in [1.165, 1.54) is 6.07 Å². The Hall–Kier alpha value is -3.11. The van der Waals surface area contributed by atoms with Crippen LogP contribution >= 0.6 is 0 Å². The van der Waals surface area contributed by atoms with Crippen molar-refractivity contribution in [1.29, 1.82) is 5.26 Å². The standard InChI is InChI=1S/C24H29FN4O2/c1-16(2)15-29-17(3)11-19(18(29)4)12-20(14-26)24(30)27-21-5-6-23(22(25)13-21)28-7-9-31-10-8-28/h5-6,11-13,16H,7-10,15H2,1-4H3,(H,27,30)/b20-12-. The van der Waals surface area contributed by atoms with Crippen LogP contribution in [0.4, 0.5) is 15.8 Å². The first-order valence-corrected chi connectivity index (χ1v) is 10.5. The molecule has 0 radical (unpaired) electrons. The van der Waals surface area contributed by atoms with Crippen molar-refractivity contribution in [1.82, 2.24) is 4.57 Å². The lowest BCUT2D eigenvalue weighted by Gasteiger charge is -2.29. The fourth-order valence-electron chi connectivity index (χ4n) is 3.77. The highest BCUT2D eigenvalue weighted by Gasteiger charge is 2.17. The molecule has 1 amide bonds. The number of morpholine rings is 1. The predicted molar refractivity (Wildman–Crippen MR) is 120 cm³/mol. The molecule has 0 aliphatic carbocycles. The molecule has 1 N–H and O–H groups in total. The number of amides is 1. The summed E-state index contributed by atoms with van der Waals surface area (Å²) in [5.74, 6) is -0.496. The molecule has 3 rings (SSSR count). The molecule has 1 saturated heterocycles. The van der Waals surface area contributed by atoms with Crippen LogP contribution < -0.4 is 10.2 Å². The molecule has 31 heavy (non-hydrogen) atoms. The number of aryl methyl sites for hydroxylation is 1. The number of ether oxygens (including phenoxy) is 1. The van der Waals surface area contributed by atoms with E-state index in [0.717, 1.165) is 23.5 Å². The smallest absolute Gasteiger partial charge is 0.266 e. The van der Waals surface area contributed by atoms with Gasteiger partial charge in [0, 0.05) is 36.7 Å². The Balaban J connectivity index is 1.77. The predicted octanol–water partition coefficient (Wildman–Crippen LogP) is 4.28. The fourth-order valence-corrected chi connectivity index (χ4v) is 3.77. The maximum atomic E-state index is 14.6. The van der Waals surface area contributed by atoms with Crippen molar-refractivity contribution in [3.63, 3.8) is 0 Å². The van der Waals surface area contributed by atoms with Crippen LogP contribution in [0.1, 0.15) is 30.8 Å². The average molecular weight is 425 g/mol. The highest BCUT2D eigenvalue weighted by atomic mass is 19.1. The number of carbonyl (C=O) groups excluding carboxylic acids is 1. The number of aromatic nitrogens is 1. The Bertz CT molecular complexity index is 1030. The number of nitrogens with one attached hydrogen (secondary N) is 1. The zero-order chi connectivity index (χ0) is 22.5. The number of rotatable bonds is 6. The van der Waals surface area contributed by atoms with Crippen molar-refractivity contribution in [2.75, 3.05) is 36.5 Å². The molecule has 0 saturated carbocycles. The maximum Gasteiger partial charge on any atom is 0.266 e. The summed E-state index contributed by atoms with van der Waals surface area (Å²) in [5.41, 5.74) is 3.69. The van der Waals surface area contributed by atoms with Crippen molar-refractivity contribution in [3.05, 3.63) is 52.6 Å². The average Bonchev–Trinajstić information content (AvgIpc) is 2.99. The molecule has 1 aliphatic rings. The van der Waals surface area contributed by atoms with Crippen molar-refractivity contribution in [2.45, 2.75) is 34.2 Å². The van der Waals surface area contributed by atoms with Crippen molar-refractivity contribution >= 4 is 23.4 Å². The lowest BCUT2D eigenvalue weighted by atomic mass is 10.1. The number of anilines is 2. The van der Waals surface area contributed by atoms with Crippen LogP contribution in [-0.2, 0) is 16.1 Å². The molecule has 0 spiro atoms. The Morgan fingerprint density at radius 3 is 2.61 bits per heavy atom. The van der Waals surface area contributed by atoms with Gasteiger partial charge in [0.15, 0.2) is 0 Å². The number of hydrogen-bond acceptors (Lipinski definition) is 4. The summed E-state index contributed by atoms with van der Waals surface area (Å²) in [4.78, 5) is 14.6. The zero-order valence-electron chi connectivity index (χ0n) is 18.5. The molecule has 1 aromatic heterocycles. The second-order valence-electron chi connectivity index (χ2n) is 8.22. The van der Waals surface area contributed by atoms with E-state index in [1.54, 1.807) is 18.2 Å². The highest BCUT2D eigenvalue weighted by molar-refractivity contribution is 6.09. The molecule has 0 bridgehead atoms. The second kappa shape index (κ2) is 9.80. The second-order valence-corrected chi connectivity index (χ2v) is 8.22. The van der Waals surface area contributed by atoms with Gasteiger partial charge in [-0.1, -0.05) is 13.8 Å². The van der Waals surface area contributed by atoms with Gasteiger partial charge in [0.1, 0.15) is 17.5 Å². The summed E-state index contributed by atoms with van der Waals surface area (Å²) < 4.78 is 22.1. The van der Waals surface area contributed by atoms with Crippen LogP contribution in [-0.4, -0.2) is 36.8 Å². The number of benzene rings is 1. The van der Waals surface area contributed by atoms with Crippen LogP contribution in [0.25, 0.3) is 6.08 Å².